The quantitative estimate of drug-likeness (QED) is 0.168. The molecule has 17 heteroatoms. The second-order valence-corrected chi connectivity index (χ2v) is 16.2. The van der Waals surface area contributed by atoms with Crippen molar-refractivity contribution in [1.82, 2.24) is 34.3 Å². The fraction of sp³-hybridized carbons (Fsp3) is 0.375. The molecule has 0 saturated carbocycles. The normalized spacial score (nSPS) is 18.2. The fourth-order valence-electron chi connectivity index (χ4n) is 8.04. The Bertz CT molecular complexity index is 2360. The topological polar surface area (TPSA) is 165 Å². The van der Waals surface area contributed by atoms with Gasteiger partial charge in [-0.3, -0.25) is 28.8 Å². The Morgan fingerprint density at radius 1 is 0.947 bits per heavy atom. The third kappa shape index (κ3) is 8.57. The van der Waals surface area contributed by atoms with Crippen LogP contribution in [0.15, 0.2) is 76.6 Å². The van der Waals surface area contributed by atoms with Crippen molar-refractivity contribution in [2.45, 2.75) is 51.6 Å². The van der Waals surface area contributed by atoms with E-state index >= 15 is 0 Å². The number of H-pyrrole nitrogens is 1. The number of hydrogen-bond acceptors (Lipinski definition) is 12. The van der Waals surface area contributed by atoms with Crippen LogP contribution in [0.25, 0.3) is 5.69 Å². The first-order valence-corrected chi connectivity index (χ1v) is 20.4. The molecule has 8 rings (SSSR count). The number of aromatic amines is 1. The van der Waals surface area contributed by atoms with E-state index in [4.69, 9.17) is 16.6 Å². The van der Waals surface area contributed by atoms with Gasteiger partial charge in [0.05, 0.1) is 22.6 Å². The first-order chi connectivity index (χ1) is 27.6. The van der Waals surface area contributed by atoms with Crippen LogP contribution in [0.3, 0.4) is 0 Å². The first-order valence-electron chi connectivity index (χ1n) is 19.2. The lowest BCUT2D eigenvalue weighted by molar-refractivity contribution is -0.132. The van der Waals surface area contributed by atoms with E-state index in [2.05, 4.69) is 45.2 Å². The van der Waals surface area contributed by atoms with E-state index in [0.29, 0.717) is 57.6 Å². The van der Waals surface area contributed by atoms with Crippen LogP contribution in [-0.2, 0) is 4.79 Å². The molecule has 3 saturated heterocycles. The van der Waals surface area contributed by atoms with Crippen LogP contribution in [0.4, 0.5) is 28.1 Å². The number of carbonyl (C=O) groups excluding carboxylic acids is 2. The van der Waals surface area contributed by atoms with E-state index < -0.39 is 11.2 Å². The molecule has 6 heterocycles. The Hall–Kier alpha value is -5.58. The summed E-state index contributed by atoms with van der Waals surface area (Å²) in [4.78, 5) is 75.6. The van der Waals surface area contributed by atoms with E-state index in [1.165, 1.54) is 34.4 Å². The minimum atomic E-state index is -0.469. The van der Waals surface area contributed by atoms with Gasteiger partial charge in [-0.15, -0.1) is 0 Å². The maximum Gasteiger partial charge on any atom is 0.332 e. The zero-order chi connectivity index (χ0) is 39.6. The van der Waals surface area contributed by atoms with Gasteiger partial charge in [0, 0.05) is 81.8 Å². The first kappa shape index (κ1) is 38.3. The number of likely N-dealkylation sites (tertiary alicyclic amines) is 1. The lowest BCUT2D eigenvalue weighted by Crippen LogP contribution is -2.55. The molecule has 2 unspecified atom stereocenters. The highest BCUT2D eigenvalue weighted by Gasteiger charge is 2.41. The van der Waals surface area contributed by atoms with Gasteiger partial charge in [-0.2, -0.15) is 0 Å². The number of piperazine rings is 2. The molecule has 2 amide bonds. The highest BCUT2D eigenvalue weighted by Crippen LogP contribution is 2.36. The summed E-state index contributed by atoms with van der Waals surface area (Å²) >= 11 is 7.53. The summed E-state index contributed by atoms with van der Waals surface area (Å²) in [5, 5.41) is 7.16. The van der Waals surface area contributed by atoms with Crippen LogP contribution in [0.5, 0.6) is 0 Å². The van der Waals surface area contributed by atoms with E-state index in [1.54, 1.807) is 6.07 Å². The van der Waals surface area contributed by atoms with E-state index in [-0.39, 0.29) is 23.9 Å². The molecule has 57 heavy (non-hydrogen) atoms. The van der Waals surface area contributed by atoms with Crippen molar-refractivity contribution in [3.63, 3.8) is 0 Å². The summed E-state index contributed by atoms with van der Waals surface area (Å²) < 4.78 is 1.42. The number of nitrogens with one attached hydrogen (secondary N) is 3. The molecule has 2 atom stereocenters. The highest BCUT2D eigenvalue weighted by molar-refractivity contribution is 7.17. The molecule has 0 aliphatic carbocycles. The molecular formula is C40H44ClN11O4S. The number of aryl methyl sites for hydroxylation is 2. The van der Waals surface area contributed by atoms with Crippen molar-refractivity contribution < 1.29 is 9.59 Å². The maximum absolute atomic E-state index is 13.4. The molecule has 3 N–H and O–H groups in total. The maximum atomic E-state index is 13.4. The van der Waals surface area contributed by atoms with Gasteiger partial charge in [-0.05, 0) is 75.5 Å². The number of anilines is 5. The van der Waals surface area contributed by atoms with Gasteiger partial charge in [0.1, 0.15) is 22.3 Å². The smallest absolute Gasteiger partial charge is 0.332 e. The Morgan fingerprint density at radius 2 is 1.68 bits per heavy atom. The van der Waals surface area contributed by atoms with Gasteiger partial charge in [0.2, 0.25) is 5.91 Å². The Morgan fingerprint density at radius 3 is 2.40 bits per heavy atom. The van der Waals surface area contributed by atoms with E-state index in [0.717, 1.165) is 69.1 Å². The minimum Gasteiger partial charge on any atom is -0.362 e. The molecular weight excluding hydrogens is 766 g/mol. The number of halogens is 1. The molecule has 296 valence electrons. The molecule has 3 aliphatic rings. The lowest BCUT2D eigenvalue weighted by atomic mass is 10.1. The third-order valence-corrected chi connectivity index (χ3v) is 12.1. The number of aromatic nitrogens is 5. The highest BCUT2D eigenvalue weighted by atomic mass is 35.5. The number of thiazole rings is 1. The van der Waals surface area contributed by atoms with E-state index in [1.807, 2.05) is 56.3 Å². The fourth-order valence-corrected chi connectivity index (χ4v) is 9.02. The van der Waals surface area contributed by atoms with Crippen molar-refractivity contribution in [2.24, 2.45) is 0 Å². The SMILES string of the molecule is Cc1nc(Nc2ncc(C(=O)Nc3c(C)cccc3Cl)s2)cc(N2CCN(CCCC(=O)N3CC4CCC(C3)N4c3ccc(-n4ccc(=O)[nH]c4=O)cc3)CC2)n1. The molecule has 2 bridgehead atoms. The van der Waals surface area contributed by atoms with Gasteiger partial charge < -0.3 is 25.3 Å². The van der Waals surface area contributed by atoms with Crippen LogP contribution in [0, 0.1) is 13.8 Å². The zero-order valence-electron chi connectivity index (χ0n) is 31.8. The summed E-state index contributed by atoms with van der Waals surface area (Å²) in [7, 11) is 0. The Labute approximate surface area is 338 Å². The van der Waals surface area contributed by atoms with Crippen LogP contribution >= 0.6 is 22.9 Å². The van der Waals surface area contributed by atoms with Gasteiger partial charge in [0.25, 0.3) is 11.5 Å². The van der Waals surface area contributed by atoms with Crippen molar-refractivity contribution >= 4 is 62.9 Å². The number of fused-ring (bicyclic) bond motifs is 2. The van der Waals surface area contributed by atoms with Crippen molar-refractivity contribution in [3.8, 4) is 5.69 Å². The van der Waals surface area contributed by atoms with Gasteiger partial charge >= 0.3 is 5.69 Å². The summed E-state index contributed by atoms with van der Waals surface area (Å²) in [5.41, 5.74) is 2.34. The second kappa shape index (κ2) is 16.5. The number of rotatable bonds is 11. The monoisotopic (exact) mass is 809 g/mol. The van der Waals surface area contributed by atoms with Crippen molar-refractivity contribution in [3.05, 3.63) is 109 Å². The second-order valence-electron chi connectivity index (χ2n) is 14.7. The Kier molecular flexibility index (Phi) is 11.1. The van der Waals surface area contributed by atoms with Crippen LogP contribution in [-0.4, -0.2) is 104 Å². The third-order valence-electron chi connectivity index (χ3n) is 10.9. The Balaban J connectivity index is 0.788. The standard InChI is InChI=1S/C40H44ClN11O4S/c1-25-5-3-6-31(41)37(25)47-38(55)32-22-42-39(57-32)45-33-21-34(44-26(2)43-33)49-19-17-48(18-20-49)15-4-7-36(54)50-23-29-12-13-30(24-50)52(29)28-10-8-27(9-11-28)51-16-14-35(53)46-40(51)56/h3,5-6,8-11,14,16,21-22,29-30H,4,7,12-13,15,17-20,23-24H2,1-2H3,(H,47,55)(H,46,53,56)(H,42,43,44,45). The number of para-hydroxylation sites is 1. The van der Waals surface area contributed by atoms with Crippen LogP contribution in [0.1, 0.15) is 46.7 Å². The summed E-state index contributed by atoms with van der Waals surface area (Å²) in [6, 6.07) is 17.1. The van der Waals surface area contributed by atoms with E-state index in [9.17, 15) is 19.2 Å². The molecule has 2 aromatic carbocycles. The summed E-state index contributed by atoms with van der Waals surface area (Å²) in [6.45, 7) is 9.40. The van der Waals surface area contributed by atoms with Gasteiger partial charge in [-0.25, -0.2) is 19.7 Å². The molecule has 15 nitrogen and oxygen atoms in total. The minimum absolute atomic E-state index is 0.220. The predicted molar refractivity (Wildman–Crippen MR) is 223 cm³/mol. The molecule has 0 radical (unpaired) electrons. The average Bonchev–Trinajstić information content (AvgIpc) is 3.77. The number of amides is 2. The average molecular weight is 810 g/mol. The number of benzene rings is 2. The lowest BCUT2D eigenvalue weighted by Gasteiger charge is -2.42. The summed E-state index contributed by atoms with van der Waals surface area (Å²) in [6.07, 6.45) is 6.44. The molecule has 3 fully saturated rings. The predicted octanol–water partition coefficient (Wildman–Crippen LogP) is 4.82. The van der Waals surface area contributed by atoms with Crippen LogP contribution in [0.2, 0.25) is 5.02 Å². The molecule has 3 aromatic heterocycles. The summed E-state index contributed by atoms with van der Waals surface area (Å²) in [5.74, 6) is 2.01. The van der Waals surface area contributed by atoms with Crippen LogP contribution < -0.4 is 31.7 Å². The van der Waals surface area contributed by atoms with Gasteiger partial charge in [-0.1, -0.05) is 35.1 Å². The van der Waals surface area contributed by atoms with Crippen molar-refractivity contribution in [2.75, 3.05) is 66.2 Å². The molecule has 0 spiro atoms. The molecule has 3 aliphatic heterocycles. The van der Waals surface area contributed by atoms with Gasteiger partial charge in [0.15, 0.2) is 5.13 Å². The number of nitrogens with zero attached hydrogens (tertiary/aromatic N) is 8. The molecule has 5 aromatic rings. The largest absolute Gasteiger partial charge is 0.362 e. The number of hydrogen-bond donors (Lipinski definition) is 3. The van der Waals surface area contributed by atoms with Crippen molar-refractivity contribution in [1.29, 1.82) is 0 Å². The number of carbonyl (C=O) groups is 2. The zero-order valence-corrected chi connectivity index (χ0v) is 33.4.